The Hall–Kier alpha value is -1.59. The van der Waals surface area contributed by atoms with E-state index >= 15 is 0 Å². The van der Waals surface area contributed by atoms with Crippen LogP contribution in [0.2, 0.25) is 0 Å². The van der Waals surface area contributed by atoms with Crippen molar-refractivity contribution in [2.75, 3.05) is 20.1 Å². The van der Waals surface area contributed by atoms with Crippen molar-refractivity contribution in [2.45, 2.75) is 52.0 Å². The average molecular weight is 309 g/mol. The molecular formula is C16H27N3O3. The highest BCUT2D eigenvalue weighted by atomic mass is 16.2. The Morgan fingerprint density at radius 2 is 1.95 bits per heavy atom. The van der Waals surface area contributed by atoms with Crippen LogP contribution in [0.1, 0.15) is 46.5 Å². The van der Waals surface area contributed by atoms with E-state index in [2.05, 4.69) is 12.2 Å². The van der Waals surface area contributed by atoms with Gasteiger partial charge in [0.05, 0.1) is 0 Å². The van der Waals surface area contributed by atoms with Crippen LogP contribution in [0.5, 0.6) is 0 Å². The normalized spacial score (nSPS) is 28.4. The Balaban J connectivity index is 2.02. The standard InChI is InChI=1S/C16H27N3O3/c1-11(2)9-18(4)13(20)10-19-14(21)16(17-15(19)22)7-5-12(3)6-8-16/h11-12H,5-10H2,1-4H3,(H,17,22). The Morgan fingerprint density at radius 1 is 1.36 bits per heavy atom. The fourth-order valence-corrected chi connectivity index (χ4v) is 3.32. The zero-order chi connectivity index (χ0) is 16.5. The summed E-state index contributed by atoms with van der Waals surface area (Å²) in [6.07, 6.45) is 3.21. The van der Waals surface area contributed by atoms with Crippen molar-refractivity contribution < 1.29 is 14.4 Å². The second-order valence-electron chi connectivity index (χ2n) is 7.25. The Morgan fingerprint density at radius 3 is 2.50 bits per heavy atom. The zero-order valence-corrected chi connectivity index (χ0v) is 14.0. The molecule has 0 aromatic heterocycles. The minimum absolute atomic E-state index is 0.162. The van der Waals surface area contributed by atoms with E-state index in [9.17, 15) is 14.4 Å². The first kappa shape index (κ1) is 16.8. The number of imide groups is 1. The molecule has 0 atom stereocenters. The number of likely N-dealkylation sites (N-methyl/N-ethyl adjacent to an activating group) is 1. The fourth-order valence-electron chi connectivity index (χ4n) is 3.32. The Labute approximate surface area is 132 Å². The van der Waals surface area contributed by atoms with Gasteiger partial charge in [0.2, 0.25) is 5.91 Å². The molecule has 2 aliphatic rings. The van der Waals surface area contributed by atoms with E-state index in [1.165, 1.54) is 0 Å². The predicted octanol–water partition coefficient (Wildman–Crippen LogP) is 1.60. The van der Waals surface area contributed by atoms with Gasteiger partial charge in [-0.05, 0) is 37.5 Å². The van der Waals surface area contributed by atoms with Crippen molar-refractivity contribution in [1.82, 2.24) is 15.1 Å². The molecule has 2 rings (SSSR count). The minimum Gasteiger partial charge on any atom is -0.344 e. The lowest BCUT2D eigenvalue weighted by atomic mass is 9.77. The van der Waals surface area contributed by atoms with Gasteiger partial charge in [-0.2, -0.15) is 0 Å². The first-order chi connectivity index (χ1) is 10.2. The van der Waals surface area contributed by atoms with E-state index in [1.54, 1.807) is 11.9 Å². The second kappa shape index (κ2) is 6.26. The summed E-state index contributed by atoms with van der Waals surface area (Å²) < 4.78 is 0. The second-order valence-corrected chi connectivity index (χ2v) is 7.25. The molecule has 0 unspecified atom stereocenters. The molecule has 0 aromatic carbocycles. The molecule has 0 aromatic rings. The summed E-state index contributed by atoms with van der Waals surface area (Å²) >= 11 is 0. The SMILES string of the molecule is CC(C)CN(C)C(=O)CN1C(=O)NC2(CCC(C)CC2)C1=O. The summed E-state index contributed by atoms with van der Waals surface area (Å²) in [6.45, 7) is 6.66. The number of carbonyl (C=O) groups is 3. The predicted molar refractivity (Wildman–Crippen MR) is 83.1 cm³/mol. The van der Waals surface area contributed by atoms with Gasteiger partial charge in [0, 0.05) is 13.6 Å². The highest BCUT2D eigenvalue weighted by molar-refractivity contribution is 6.09. The summed E-state index contributed by atoms with van der Waals surface area (Å²) in [4.78, 5) is 39.7. The summed E-state index contributed by atoms with van der Waals surface area (Å²) in [5.74, 6) is 0.514. The minimum atomic E-state index is -0.763. The van der Waals surface area contributed by atoms with Crippen LogP contribution in [0.15, 0.2) is 0 Å². The quantitative estimate of drug-likeness (QED) is 0.802. The van der Waals surface area contributed by atoms with Crippen LogP contribution in [0.25, 0.3) is 0 Å². The van der Waals surface area contributed by atoms with Crippen molar-refractivity contribution in [1.29, 1.82) is 0 Å². The lowest BCUT2D eigenvalue weighted by Gasteiger charge is -2.33. The van der Waals surface area contributed by atoms with Crippen LogP contribution >= 0.6 is 0 Å². The Kier molecular flexibility index (Phi) is 4.78. The number of nitrogens with zero attached hydrogens (tertiary/aromatic N) is 2. The number of urea groups is 1. The van der Waals surface area contributed by atoms with Gasteiger partial charge >= 0.3 is 6.03 Å². The van der Waals surface area contributed by atoms with Gasteiger partial charge in [-0.25, -0.2) is 4.79 Å². The molecule has 124 valence electrons. The molecule has 0 bridgehead atoms. The molecule has 1 spiro atoms. The van der Waals surface area contributed by atoms with Crippen LogP contribution in [-0.2, 0) is 9.59 Å². The van der Waals surface area contributed by atoms with E-state index in [1.807, 2.05) is 13.8 Å². The first-order valence-corrected chi connectivity index (χ1v) is 8.13. The van der Waals surface area contributed by atoms with Crippen molar-refractivity contribution in [3.8, 4) is 0 Å². The van der Waals surface area contributed by atoms with E-state index in [4.69, 9.17) is 0 Å². The van der Waals surface area contributed by atoms with Crippen molar-refractivity contribution in [3.63, 3.8) is 0 Å². The van der Waals surface area contributed by atoms with E-state index in [0.717, 1.165) is 17.7 Å². The van der Waals surface area contributed by atoms with Crippen molar-refractivity contribution in [2.24, 2.45) is 11.8 Å². The van der Waals surface area contributed by atoms with Crippen molar-refractivity contribution in [3.05, 3.63) is 0 Å². The third kappa shape index (κ3) is 3.25. The summed E-state index contributed by atoms with van der Waals surface area (Å²) in [5, 5.41) is 2.84. The Bertz CT molecular complexity index is 467. The molecule has 1 saturated heterocycles. The highest BCUT2D eigenvalue weighted by Crippen LogP contribution is 2.36. The van der Waals surface area contributed by atoms with Crippen molar-refractivity contribution >= 4 is 17.8 Å². The smallest absolute Gasteiger partial charge is 0.325 e. The molecular weight excluding hydrogens is 282 g/mol. The zero-order valence-electron chi connectivity index (χ0n) is 14.0. The van der Waals surface area contributed by atoms with Crippen LogP contribution < -0.4 is 5.32 Å². The fraction of sp³-hybridized carbons (Fsp3) is 0.812. The molecule has 6 nitrogen and oxygen atoms in total. The number of amides is 4. The van der Waals surface area contributed by atoms with Crippen LogP contribution in [0.3, 0.4) is 0 Å². The molecule has 1 N–H and O–H groups in total. The van der Waals surface area contributed by atoms with Gasteiger partial charge in [0.15, 0.2) is 0 Å². The molecule has 2 fully saturated rings. The molecule has 0 radical (unpaired) electrons. The molecule has 1 aliphatic carbocycles. The number of hydrogen-bond donors (Lipinski definition) is 1. The molecule has 6 heteroatoms. The summed E-state index contributed by atoms with van der Waals surface area (Å²) in [7, 11) is 1.71. The van der Waals surface area contributed by atoms with Gasteiger partial charge in [-0.3, -0.25) is 14.5 Å². The number of nitrogens with one attached hydrogen (secondary N) is 1. The van der Waals surface area contributed by atoms with Gasteiger partial charge in [0.1, 0.15) is 12.1 Å². The largest absolute Gasteiger partial charge is 0.344 e. The van der Waals surface area contributed by atoms with E-state index in [0.29, 0.717) is 31.2 Å². The summed E-state index contributed by atoms with van der Waals surface area (Å²) in [6, 6.07) is -0.425. The van der Waals surface area contributed by atoms with Crippen LogP contribution in [-0.4, -0.2) is 53.3 Å². The molecule has 1 saturated carbocycles. The van der Waals surface area contributed by atoms with Gasteiger partial charge < -0.3 is 10.2 Å². The topological polar surface area (TPSA) is 69.7 Å². The lowest BCUT2D eigenvalue weighted by molar-refractivity contribution is -0.139. The first-order valence-electron chi connectivity index (χ1n) is 8.13. The third-order valence-electron chi connectivity index (χ3n) is 4.73. The van der Waals surface area contributed by atoms with Gasteiger partial charge in [0.25, 0.3) is 5.91 Å². The molecule has 22 heavy (non-hydrogen) atoms. The maximum Gasteiger partial charge on any atom is 0.325 e. The van der Waals surface area contributed by atoms with Gasteiger partial charge in [-0.15, -0.1) is 0 Å². The number of rotatable bonds is 4. The lowest BCUT2D eigenvalue weighted by Crippen LogP contribution is -2.50. The maximum absolute atomic E-state index is 12.7. The number of hydrogen-bond acceptors (Lipinski definition) is 3. The van der Waals surface area contributed by atoms with E-state index in [-0.39, 0.29) is 18.4 Å². The highest BCUT2D eigenvalue weighted by Gasteiger charge is 2.52. The molecule has 1 heterocycles. The summed E-state index contributed by atoms with van der Waals surface area (Å²) in [5.41, 5.74) is -0.763. The molecule has 1 aliphatic heterocycles. The number of carbonyl (C=O) groups excluding carboxylic acids is 3. The third-order valence-corrected chi connectivity index (χ3v) is 4.73. The maximum atomic E-state index is 12.7. The molecule has 4 amide bonds. The van der Waals surface area contributed by atoms with E-state index < -0.39 is 11.6 Å². The average Bonchev–Trinajstić information content (AvgIpc) is 2.66. The van der Waals surface area contributed by atoms with Crippen LogP contribution in [0, 0.1) is 11.8 Å². The van der Waals surface area contributed by atoms with Crippen LogP contribution in [0.4, 0.5) is 4.79 Å². The van der Waals surface area contributed by atoms with Gasteiger partial charge in [-0.1, -0.05) is 20.8 Å². The monoisotopic (exact) mass is 309 g/mol.